The van der Waals surface area contributed by atoms with Crippen molar-refractivity contribution in [1.82, 2.24) is 0 Å². The maximum absolute atomic E-state index is 9.03. The van der Waals surface area contributed by atoms with Crippen LogP contribution in [0.3, 0.4) is 0 Å². The van der Waals surface area contributed by atoms with E-state index >= 15 is 0 Å². The van der Waals surface area contributed by atoms with E-state index in [1.165, 1.54) is 6.42 Å². The molecule has 0 radical (unpaired) electrons. The predicted molar refractivity (Wildman–Crippen MR) is 69.2 cm³/mol. The van der Waals surface area contributed by atoms with Crippen LogP contribution in [0, 0.1) is 17.2 Å². The molecule has 1 aromatic rings. The first-order valence-electron chi connectivity index (χ1n) is 6.59. The third-order valence-electron chi connectivity index (χ3n) is 3.30. The Kier molecular flexibility index (Phi) is 5.04. The van der Waals surface area contributed by atoms with Crippen molar-refractivity contribution in [3.05, 3.63) is 30.3 Å². The SMILES string of the molecule is N#CC1CCCCC1OCCOc1ccccc1. The zero-order valence-corrected chi connectivity index (χ0v) is 10.5. The largest absolute Gasteiger partial charge is 0.491 e. The summed E-state index contributed by atoms with van der Waals surface area (Å²) in [4.78, 5) is 0. The Bertz CT molecular complexity index is 385. The fourth-order valence-corrected chi connectivity index (χ4v) is 2.32. The van der Waals surface area contributed by atoms with Crippen molar-refractivity contribution in [2.24, 2.45) is 5.92 Å². The Morgan fingerprint density at radius 3 is 2.67 bits per heavy atom. The van der Waals surface area contributed by atoms with E-state index in [-0.39, 0.29) is 12.0 Å². The minimum atomic E-state index is 0.0653. The van der Waals surface area contributed by atoms with Crippen LogP contribution in [0.4, 0.5) is 0 Å². The highest BCUT2D eigenvalue weighted by Gasteiger charge is 2.25. The van der Waals surface area contributed by atoms with Gasteiger partial charge in [-0.1, -0.05) is 31.0 Å². The summed E-state index contributed by atoms with van der Waals surface area (Å²) < 4.78 is 11.3. The first-order chi connectivity index (χ1) is 8.90. The standard InChI is InChI=1S/C15H19NO2/c16-12-13-6-4-5-9-15(13)18-11-10-17-14-7-2-1-3-8-14/h1-3,7-8,13,15H,4-6,9-11H2. The molecule has 0 bridgehead atoms. The molecule has 96 valence electrons. The van der Waals surface area contributed by atoms with Crippen LogP contribution >= 0.6 is 0 Å². The Balaban J connectivity index is 1.67. The molecule has 0 saturated heterocycles. The number of benzene rings is 1. The molecule has 0 aliphatic heterocycles. The van der Waals surface area contributed by atoms with Crippen LogP contribution in [0.1, 0.15) is 25.7 Å². The predicted octanol–water partition coefficient (Wildman–Crippen LogP) is 3.16. The molecule has 3 heteroatoms. The van der Waals surface area contributed by atoms with Gasteiger partial charge in [0, 0.05) is 0 Å². The van der Waals surface area contributed by atoms with Gasteiger partial charge in [0.25, 0.3) is 0 Å². The van der Waals surface area contributed by atoms with Crippen LogP contribution in [-0.2, 0) is 4.74 Å². The normalized spacial score (nSPS) is 23.3. The number of rotatable bonds is 5. The first-order valence-corrected chi connectivity index (χ1v) is 6.59. The minimum absolute atomic E-state index is 0.0653. The van der Waals surface area contributed by atoms with Gasteiger partial charge in [0.05, 0.1) is 24.7 Å². The summed E-state index contributed by atoms with van der Waals surface area (Å²) >= 11 is 0. The Labute approximate surface area is 108 Å². The maximum atomic E-state index is 9.03. The molecule has 1 saturated carbocycles. The molecule has 1 aromatic carbocycles. The van der Waals surface area contributed by atoms with Gasteiger partial charge in [-0.05, 0) is 25.0 Å². The van der Waals surface area contributed by atoms with Crippen molar-refractivity contribution in [2.45, 2.75) is 31.8 Å². The lowest BCUT2D eigenvalue weighted by Gasteiger charge is -2.26. The van der Waals surface area contributed by atoms with Crippen molar-refractivity contribution in [3.63, 3.8) is 0 Å². The molecular weight excluding hydrogens is 226 g/mol. The highest BCUT2D eigenvalue weighted by atomic mass is 16.5. The number of nitrogens with zero attached hydrogens (tertiary/aromatic N) is 1. The van der Waals surface area contributed by atoms with E-state index in [2.05, 4.69) is 6.07 Å². The maximum Gasteiger partial charge on any atom is 0.119 e. The molecule has 1 fully saturated rings. The molecule has 0 N–H and O–H groups in total. The second-order valence-electron chi connectivity index (χ2n) is 4.59. The molecule has 0 aromatic heterocycles. The van der Waals surface area contributed by atoms with Crippen molar-refractivity contribution in [2.75, 3.05) is 13.2 Å². The molecule has 2 atom stereocenters. The van der Waals surface area contributed by atoms with E-state index < -0.39 is 0 Å². The topological polar surface area (TPSA) is 42.2 Å². The summed E-state index contributed by atoms with van der Waals surface area (Å²) in [6.45, 7) is 1.09. The van der Waals surface area contributed by atoms with Gasteiger partial charge in [-0.3, -0.25) is 0 Å². The lowest BCUT2D eigenvalue weighted by Crippen LogP contribution is -2.28. The molecule has 0 heterocycles. The van der Waals surface area contributed by atoms with Gasteiger partial charge in [0.2, 0.25) is 0 Å². The van der Waals surface area contributed by atoms with E-state index in [1.807, 2.05) is 30.3 Å². The smallest absolute Gasteiger partial charge is 0.119 e. The highest BCUT2D eigenvalue weighted by molar-refractivity contribution is 5.20. The van der Waals surface area contributed by atoms with Crippen LogP contribution < -0.4 is 4.74 Å². The van der Waals surface area contributed by atoms with Crippen LogP contribution in [0.25, 0.3) is 0 Å². The molecule has 3 nitrogen and oxygen atoms in total. The molecule has 2 unspecified atom stereocenters. The third-order valence-corrected chi connectivity index (χ3v) is 3.30. The van der Waals surface area contributed by atoms with Crippen molar-refractivity contribution in [3.8, 4) is 11.8 Å². The Morgan fingerprint density at radius 2 is 1.89 bits per heavy atom. The van der Waals surface area contributed by atoms with Gasteiger partial charge in [-0.15, -0.1) is 0 Å². The van der Waals surface area contributed by atoms with E-state index in [4.69, 9.17) is 14.7 Å². The van der Waals surface area contributed by atoms with Crippen LogP contribution in [0.5, 0.6) is 5.75 Å². The van der Waals surface area contributed by atoms with Crippen molar-refractivity contribution in [1.29, 1.82) is 5.26 Å². The average molecular weight is 245 g/mol. The fourth-order valence-electron chi connectivity index (χ4n) is 2.32. The molecule has 0 amide bonds. The number of nitriles is 1. The molecule has 1 aliphatic rings. The van der Waals surface area contributed by atoms with E-state index in [0.717, 1.165) is 25.0 Å². The molecule has 2 rings (SSSR count). The van der Waals surface area contributed by atoms with Gasteiger partial charge in [-0.2, -0.15) is 5.26 Å². The summed E-state index contributed by atoms with van der Waals surface area (Å²) in [6.07, 6.45) is 4.40. The highest BCUT2D eigenvalue weighted by Crippen LogP contribution is 2.26. The molecule has 18 heavy (non-hydrogen) atoms. The zero-order valence-electron chi connectivity index (χ0n) is 10.5. The summed E-state index contributed by atoms with van der Waals surface area (Å²) in [5.74, 6) is 0.928. The molecular formula is C15H19NO2. The van der Waals surface area contributed by atoms with Crippen molar-refractivity contribution < 1.29 is 9.47 Å². The third kappa shape index (κ3) is 3.75. The lowest BCUT2D eigenvalue weighted by molar-refractivity contribution is -0.00684. The van der Waals surface area contributed by atoms with E-state index in [1.54, 1.807) is 0 Å². The monoisotopic (exact) mass is 245 g/mol. The van der Waals surface area contributed by atoms with Gasteiger partial charge in [-0.25, -0.2) is 0 Å². The second kappa shape index (κ2) is 7.03. The summed E-state index contributed by atoms with van der Waals surface area (Å²) in [5, 5.41) is 9.03. The minimum Gasteiger partial charge on any atom is -0.491 e. The fraction of sp³-hybridized carbons (Fsp3) is 0.533. The quantitative estimate of drug-likeness (QED) is 0.748. The summed E-state index contributed by atoms with van der Waals surface area (Å²) in [7, 11) is 0. The van der Waals surface area contributed by atoms with Gasteiger partial charge < -0.3 is 9.47 Å². The lowest BCUT2D eigenvalue weighted by atomic mass is 9.87. The first kappa shape index (κ1) is 12.9. The number of para-hydroxylation sites is 1. The molecule has 1 aliphatic carbocycles. The summed E-state index contributed by atoms with van der Waals surface area (Å²) in [6, 6.07) is 12.1. The van der Waals surface area contributed by atoms with Gasteiger partial charge in [0.15, 0.2) is 0 Å². The van der Waals surface area contributed by atoms with E-state index in [0.29, 0.717) is 13.2 Å². The van der Waals surface area contributed by atoms with Gasteiger partial charge >= 0.3 is 0 Å². The van der Waals surface area contributed by atoms with Crippen LogP contribution in [-0.4, -0.2) is 19.3 Å². The van der Waals surface area contributed by atoms with E-state index in [9.17, 15) is 0 Å². The van der Waals surface area contributed by atoms with Crippen LogP contribution in [0.2, 0.25) is 0 Å². The number of hydrogen-bond acceptors (Lipinski definition) is 3. The zero-order chi connectivity index (χ0) is 12.6. The van der Waals surface area contributed by atoms with Crippen molar-refractivity contribution >= 4 is 0 Å². The van der Waals surface area contributed by atoms with Crippen LogP contribution in [0.15, 0.2) is 30.3 Å². The Hall–Kier alpha value is -1.53. The summed E-state index contributed by atoms with van der Waals surface area (Å²) in [5.41, 5.74) is 0. The van der Waals surface area contributed by atoms with Gasteiger partial charge in [0.1, 0.15) is 12.4 Å². The average Bonchev–Trinajstić information content (AvgIpc) is 2.45. The second-order valence-corrected chi connectivity index (χ2v) is 4.59. The molecule has 0 spiro atoms. The number of hydrogen-bond donors (Lipinski definition) is 0. The Morgan fingerprint density at radius 1 is 1.11 bits per heavy atom. The number of ether oxygens (including phenoxy) is 2.